The first-order valence-electron chi connectivity index (χ1n) is 5.41. The Balaban J connectivity index is 2.49. The Hall–Kier alpha value is -2.44. The summed E-state index contributed by atoms with van der Waals surface area (Å²) in [5.74, 6) is -2.56. The molecule has 0 fully saturated rings. The van der Waals surface area contributed by atoms with Crippen LogP contribution in [0.3, 0.4) is 0 Å². The summed E-state index contributed by atoms with van der Waals surface area (Å²) in [7, 11) is 1.56. The van der Waals surface area contributed by atoms with Crippen LogP contribution >= 0.6 is 0 Å². The van der Waals surface area contributed by atoms with E-state index in [-0.39, 0.29) is 23.0 Å². The number of hydrogen-bond acceptors (Lipinski definition) is 3. The normalized spacial score (nSPS) is 10.5. The lowest BCUT2D eigenvalue weighted by molar-refractivity contribution is 0.387. The minimum atomic E-state index is -1.10. The number of aryl methyl sites for hydroxylation is 2. The molecule has 100 valence electrons. The van der Waals surface area contributed by atoms with E-state index < -0.39 is 11.6 Å². The van der Waals surface area contributed by atoms with Crippen LogP contribution in [0.1, 0.15) is 11.3 Å². The molecule has 1 aromatic heterocycles. The first kappa shape index (κ1) is 13.0. The summed E-state index contributed by atoms with van der Waals surface area (Å²) in [6.45, 7) is 1.64. The van der Waals surface area contributed by atoms with Gasteiger partial charge in [0.1, 0.15) is 11.4 Å². The Morgan fingerprint density at radius 1 is 1.42 bits per heavy atom. The topological polar surface area (TPSA) is 76.9 Å². The highest BCUT2D eigenvalue weighted by atomic mass is 19.2. The van der Waals surface area contributed by atoms with Crippen molar-refractivity contribution in [2.24, 2.45) is 12.8 Å². The van der Waals surface area contributed by atoms with Crippen LogP contribution in [0.2, 0.25) is 0 Å². The number of nitrogens with zero attached hydrogens (tertiary/aromatic N) is 2. The number of nitrogens with one attached hydrogen (secondary N) is 1. The summed E-state index contributed by atoms with van der Waals surface area (Å²) in [5.41, 5.74) is 6.16. The van der Waals surface area contributed by atoms with Gasteiger partial charge < -0.3 is 10.5 Å². The number of hydrogen-bond donors (Lipinski definition) is 2. The molecule has 0 radical (unpaired) electrons. The lowest BCUT2D eigenvalue weighted by Gasteiger charge is -2.09. The minimum Gasteiger partial charge on any atom is -0.435 e. The molecule has 0 atom stereocenters. The number of benzene rings is 1. The fourth-order valence-electron chi connectivity index (χ4n) is 1.73. The lowest BCUT2D eigenvalue weighted by Crippen LogP contribution is -2.13. The van der Waals surface area contributed by atoms with Gasteiger partial charge in [0, 0.05) is 7.05 Å². The molecular formula is C12H12F2N4O. The molecule has 2 rings (SSSR count). The predicted octanol–water partition coefficient (Wildman–Crippen LogP) is 2.08. The van der Waals surface area contributed by atoms with E-state index in [1.807, 2.05) is 0 Å². The van der Waals surface area contributed by atoms with Gasteiger partial charge >= 0.3 is 0 Å². The van der Waals surface area contributed by atoms with Crippen LogP contribution in [-0.4, -0.2) is 15.6 Å². The number of aromatic nitrogens is 2. The Kier molecular flexibility index (Phi) is 3.20. The molecule has 0 bridgehead atoms. The van der Waals surface area contributed by atoms with E-state index in [0.29, 0.717) is 5.69 Å². The zero-order chi connectivity index (χ0) is 14.2. The van der Waals surface area contributed by atoms with Gasteiger partial charge in [-0.05, 0) is 19.1 Å². The van der Waals surface area contributed by atoms with E-state index in [4.69, 9.17) is 15.9 Å². The van der Waals surface area contributed by atoms with Gasteiger partial charge in [-0.1, -0.05) is 6.07 Å². The molecule has 0 spiro atoms. The quantitative estimate of drug-likeness (QED) is 0.659. The van der Waals surface area contributed by atoms with Gasteiger partial charge in [0.25, 0.3) is 0 Å². The maximum absolute atomic E-state index is 13.5. The molecule has 5 nitrogen and oxygen atoms in total. The van der Waals surface area contributed by atoms with E-state index in [1.165, 1.54) is 16.8 Å². The Labute approximate surface area is 108 Å². The summed E-state index contributed by atoms with van der Waals surface area (Å²) < 4.78 is 33.3. The van der Waals surface area contributed by atoms with Gasteiger partial charge in [-0.25, -0.2) is 9.07 Å². The van der Waals surface area contributed by atoms with Gasteiger partial charge in [-0.3, -0.25) is 5.41 Å². The molecule has 3 N–H and O–H groups in total. The third-order valence-corrected chi connectivity index (χ3v) is 2.56. The summed E-state index contributed by atoms with van der Waals surface area (Å²) >= 11 is 0. The third kappa shape index (κ3) is 2.26. The molecule has 0 aliphatic carbocycles. The third-order valence-electron chi connectivity index (χ3n) is 2.56. The molecule has 0 aliphatic heterocycles. The van der Waals surface area contributed by atoms with Crippen molar-refractivity contribution in [2.75, 3.05) is 0 Å². The molecule has 7 heteroatoms. The molecule has 0 saturated carbocycles. The number of halogens is 2. The SMILES string of the molecule is Cc1nn(C)c(Oc2cccc(F)c2F)c1C(=N)N. The summed E-state index contributed by atoms with van der Waals surface area (Å²) in [6, 6.07) is 3.59. The molecule has 1 heterocycles. The summed E-state index contributed by atoms with van der Waals surface area (Å²) in [4.78, 5) is 0. The summed E-state index contributed by atoms with van der Waals surface area (Å²) in [6.07, 6.45) is 0. The van der Waals surface area contributed by atoms with Crippen molar-refractivity contribution in [3.05, 3.63) is 41.1 Å². The summed E-state index contributed by atoms with van der Waals surface area (Å²) in [5, 5.41) is 11.5. The van der Waals surface area contributed by atoms with E-state index in [0.717, 1.165) is 6.07 Å². The van der Waals surface area contributed by atoms with E-state index >= 15 is 0 Å². The Morgan fingerprint density at radius 2 is 2.11 bits per heavy atom. The highest BCUT2D eigenvalue weighted by Gasteiger charge is 2.20. The van der Waals surface area contributed by atoms with Crippen LogP contribution in [0.15, 0.2) is 18.2 Å². The van der Waals surface area contributed by atoms with E-state index in [9.17, 15) is 8.78 Å². The largest absolute Gasteiger partial charge is 0.435 e. The van der Waals surface area contributed by atoms with Gasteiger partial charge in [0.15, 0.2) is 11.6 Å². The van der Waals surface area contributed by atoms with Crippen LogP contribution < -0.4 is 10.5 Å². The molecule has 2 aromatic rings. The standard InChI is InChI=1S/C12H12F2N4O/c1-6-9(11(15)16)12(18(2)17-6)19-8-5-3-4-7(13)10(8)14/h3-5H,1-2H3,(H3,15,16). The maximum Gasteiger partial charge on any atom is 0.229 e. The number of ether oxygens (including phenoxy) is 1. The van der Waals surface area contributed by atoms with E-state index in [2.05, 4.69) is 5.10 Å². The van der Waals surface area contributed by atoms with Crippen LogP contribution in [0.5, 0.6) is 11.6 Å². The maximum atomic E-state index is 13.5. The van der Waals surface area contributed by atoms with Crippen molar-refractivity contribution in [1.29, 1.82) is 5.41 Å². The fraction of sp³-hybridized carbons (Fsp3) is 0.167. The van der Waals surface area contributed by atoms with Crippen LogP contribution in [0.25, 0.3) is 0 Å². The number of nitrogens with two attached hydrogens (primary N) is 1. The molecule has 0 aliphatic rings. The van der Waals surface area contributed by atoms with E-state index in [1.54, 1.807) is 14.0 Å². The van der Waals surface area contributed by atoms with Gasteiger partial charge in [0.05, 0.1) is 5.69 Å². The van der Waals surface area contributed by atoms with Gasteiger partial charge in [-0.2, -0.15) is 9.49 Å². The van der Waals surface area contributed by atoms with Gasteiger partial charge in [0.2, 0.25) is 11.7 Å². The minimum absolute atomic E-state index is 0.0921. The molecule has 0 amide bonds. The Morgan fingerprint density at radius 3 is 2.74 bits per heavy atom. The first-order chi connectivity index (χ1) is 8.91. The average Bonchev–Trinajstić information content (AvgIpc) is 2.60. The zero-order valence-electron chi connectivity index (χ0n) is 10.4. The lowest BCUT2D eigenvalue weighted by atomic mass is 10.2. The van der Waals surface area contributed by atoms with Crippen molar-refractivity contribution in [1.82, 2.24) is 9.78 Å². The van der Waals surface area contributed by atoms with Crippen LogP contribution in [-0.2, 0) is 7.05 Å². The second-order valence-corrected chi connectivity index (χ2v) is 3.96. The fourth-order valence-corrected chi connectivity index (χ4v) is 1.73. The molecule has 19 heavy (non-hydrogen) atoms. The average molecular weight is 266 g/mol. The highest BCUT2D eigenvalue weighted by Crippen LogP contribution is 2.29. The first-order valence-corrected chi connectivity index (χ1v) is 5.41. The molecular weight excluding hydrogens is 254 g/mol. The molecule has 0 saturated heterocycles. The van der Waals surface area contributed by atoms with Gasteiger partial charge in [-0.15, -0.1) is 0 Å². The monoisotopic (exact) mass is 266 g/mol. The van der Waals surface area contributed by atoms with Crippen LogP contribution in [0.4, 0.5) is 8.78 Å². The molecule has 1 aromatic carbocycles. The number of rotatable bonds is 3. The smallest absolute Gasteiger partial charge is 0.229 e. The predicted molar refractivity (Wildman–Crippen MR) is 65.4 cm³/mol. The second-order valence-electron chi connectivity index (χ2n) is 3.96. The second kappa shape index (κ2) is 4.68. The number of nitrogen functional groups attached to an aromatic ring is 1. The molecule has 0 unspecified atom stereocenters. The number of amidine groups is 1. The zero-order valence-corrected chi connectivity index (χ0v) is 10.4. The van der Waals surface area contributed by atoms with Crippen molar-refractivity contribution in [3.63, 3.8) is 0 Å². The van der Waals surface area contributed by atoms with Crippen molar-refractivity contribution < 1.29 is 13.5 Å². The van der Waals surface area contributed by atoms with Crippen molar-refractivity contribution >= 4 is 5.84 Å². The van der Waals surface area contributed by atoms with Crippen molar-refractivity contribution in [2.45, 2.75) is 6.92 Å². The van der Waals surface area contributed by atoms with Crippen molar-refractivity contribution in [3.8, 4) is 11.6 Å². The Bertz CT molecular complexity index is 651. The van der Waals surface area contributed by atoms with Crippen LogP contribution in [0, 0.1) is 24.0 Å². The highest BCUT2D eigenvalue weighted by molar-refractivity contribution is 5.98.